The Balaban J connectivity index is 1.41. The van der Waals surface area contributed by atoms with E-state index in [0.29, 0.717) is 16.8 Å². The predicted octanol–water partition coefficient (Wildman–Crippen LogP) is 4.67. The molecule has 0 aliphatic carbocycles. The van der Waals surface area contributed by atoms with Crippen LogP contribution >= 0.6 is 0 Å². The third kappa shape index (κ3) is 3.58. The van der Waals surface area contributed by atoms with Crippen molar-refractivity contribution in [1.29, 1.82) is 0 Å². The van der Waals surface area contributed by atoms with Crippen LogP contribution in [0.2, 0.25) is 0 Å². The summed E-state index contributed by atoms with van der Waals surface area (Å²) in [5, 5.41) is 10.1. The van der Waals surface area contributed by atoms with E-state index in [2.05, 4.69) is 15.5 Å². The highest BCUT2D eigenvalue weighted by atomic mass is 19.1. The lowest BCUT2D eigenvalue weighted by Gasteiger charge is -2.36. The van der Waals surface area contributed by atoms with E-state index in [1.165, 1.54) is 6.07 Å². The van der Waals surface area contributed by atoms with Crippen molar-refractivity contribution in [2.45, 2.75) is 12.8 Å². The van der Waals surface area contributed by atoms with E-state index in [0.717, 1.165) is 16.8 Å². The minimum atomic E-state index is -0.467. The molecule has 1 unspecified atom stereocenters. The van der Waals surface area contributed by atoms with Crippen LogP contribution in [0.25, 0.3) is 11.3 Å². The number of aromatic amines is 1. The SMILES string of the molecule is CN1c2ccccc2C(=O)NC1c1cn[nH]c1-c1ccc(OCc2ccccc2)c(F)c1. The molecule has 0 saturated carbocycles. The molecule has 2 heterocycles. The fourth-order valence-corrected chi connectivity index (χ4v) is 3.94. The van der Waals surface area contributed by atoms with Crippen molar-refractivity contribution in [1.82, 2.24) is 15.5 Å². The molecule has 5 rings (SSSR count). The molecule has 0 fully saturated rings. The molecular weight excluding hydrogens is 407 g/mol. The van der Waals surface area contributed by atoms with Crippen molar-refractivity contribution >= 4 is 11.6 Å². The summed E-state index contributed by atoms with van der Waals surface area (Å²) in [4.78, 5) is 14.6. The van der Waals surface area contributed by atoms with Crippen LogP contribution in [-0.2, 0) is 6.61 Å². The van der Waals surface area contributed by atoms with Crippen LogP contribution in [0.15, 0.2) is 79.0 Å². The summed E-state index contributed by atoms with van der Waals surface area (Å²) in [5.41, 5.74) is 4.39. The molecule has 6 nitrogen and oxygen atoms in total. The summed E-state index contributed by atoms with van der Waals surface area (Å²) < 4.78 is 20.5. The molecule has 1 atom stereocenters. The van der Waals surface area contributed by atoms with E-state index in [1.807, 2.05) is 60.5 Å². The number of aromatic nitrogens is 2. The lowest BCUT2D eigenvalue weighted by molar-refractivity contribution is 0.0928. The van der Waals surface area contributed by atoms with Crippen molar-refractivity contribution < 1.29 is 13.9 Å². The van der Waals surface area contributed by atoms with E-state index >= 15 is 0 Å². The molecule has 4 aromatic rings. The second-order valence-corrected chi connectivity index (χ2v) is 7.62. The molecule has 0 radical (unpaired) electrons. The molecule has 1 aliphatic heterocycles. The van der Waals surface area contributed by atoms with E-state index in [9.17, 15) is 9.18 Å². The zero-order valence-electron chi connectivity index (χ0n) is 17.4. The average Bonchev–Trinajstić information content (AvgIpc) is 3.31. The summed E-state index contributed by atoms with van der Waals surface area (Å²) >= 11 is 0. The van der Waals surface area contributed by atoms with Crippen molar-refractivity contribution in [2.24, 2.45) is 0 Å². The van der Waals surface area contributed by atoms with Gasteiger partial charge in [0.2, 0.25) is 0 Å². The predicted molar refractivity (Wildman–Crippen MR) is 120 cm³/mol. The zero-order chi connectivity index (χ0) is 22.1. The van der Waals surface area contributed by atoms with Gasteiger partial charge in [0.1, 0.15) is 12.8 Å². The number of hydrogen-bond donors (Lipinski definition) is 2. The molecule has 1 amide bonds. The Morgan fingerprint density at radius 2 is 1.84 bits per heavy atom. The highest BCUT2D eigenvalue weighted by Crippen LogP contribution is 2.36. The Kier molecular flexibility index (Phi) is 5.07. The number of ether oxygens (including phenoxy) is 1. The van der Waals surface area contributed by atoms with Gasteiger partial charge in [0.25, 0.3) is 5.91 Å². The number of carbonyl (C=O) groups excluding carboxylic acids is 1. The van der Waals surface area contributed by atoms with Gasteiger partial charge in [0, 0.05) is 18.2 Å². The number of nitrogens with zero attached hydrogens (tertiary/aromatic N) is 2. The van der Waals surface area contributed by atoms with Gasteiger partial charge in [-0.15, -0.1) is 0 Å². The third-order valence-electron chi connectivity index (χ3n) is 5.60. The second-order valence-electron chi connectivity index (χ2n) is 7.62. The van der Waals surface area contributed by atoms with Crippen molar-refractivity contribution in [2.75, 3.05) is 11.9 Å². The van der Waals surface area contributed by atoms with Gasteiger partial charge in [0.15, 0.2) is 11.6 Å². The van der Waals surface area contributed by atoms with Crippen LogP contribution in [0.1, 0.15) is 27.7 Å². The van der Waals surface area contributed by atoms with E-state index in [1.54, 1.807) is 24.4 Å². The Hall–Kier alpha value is -4.13. The molecular formula is C25H21FN4O2. The molecule has 0 spiro atoms. The first-order chi connectivity index (χ1) is 15.6. The number of carbonyl (C=O) groups is 1. The molecule has 160 valence electrons. The van der Waals surface area contributed by atoms with Gasteiger partial charge in [-0.05, 0) is 35.9 Å². The maximum absolute atomic E-state index is 14.8. The molecule has 0 bridgehead atoms. The number of para-hydroxylation sites is 1. The number of hydrogen-bond acceptors (Lipinski definition) is 4. The van der Waals surface area contributed by atoms with Crippen molar-refractivity contribution in [3.05, 3.63) is 102 Å². The fraction of sp³-hybridized carbons (Fsp3) is 0.120. The molecule has 1 aromatic heterocycles. The first-order valence-corrected chi connectivity index (χ1v) is 10.2. The Morgan fingerprint density at radius 1 is 1.06 bits per heavy atom. The minimum absolute atomic E-state index is 0.160. The molecule has 3 aromatic carbocycles. The van der Waals surface area contributed by atoms with Crippen molar-refractivity contribution in [3.63, 3.8) is 0 Å². The van der Waals surface area contributed by atoms with Crippen LogP contribution in [-0.4, -0.2) is 23.2 Å². The molecule has 1 aliphatic rings. The smallest absolute Gasteiger partial charge is 0.255 e. The largest absolute Gasteiger partial charge is 0.486 e. The number of rotatable bonds is 5. The van der Waals surface area contributed by atoms with E-state index < -0.39 is 12.0 Å². The number of fused-ring (bicyclic) bond motifs is 1. The fourth-order valence-electron chi connectivity index (χ4n) is 3.94. The number of amides is 1. The van der Waals surface area contributed by atoms with Gasteiger partial charge in [-0.3, -0.25) is 9.89 Å². The third-order valence-corrected chi connectivity index (χ3v) is 5.60. The molecule has 32 heavy (non-hydrogen) atoms. The highest BCUT2D eigenvalue weighted by molar-refractivity contribution is 6.02. The topological polar surface area (TPSA) is 70.2 Å². The lowest BCUT2D eigenvalue weighted by atomic mass is 10.0. The zero-order valence-corrected chi connectivity index (χ0v) is 17.4. The first-order valence-electron chi connectivity index (χ1n) is 10.2. The van der Waals surface area contributed by atoms with Gasteiger partial charge in [-0.2, -0.15) is 5.10 Å². The second kappa shape index (κ2) is 8.19. The average molecular weight is 428 g/mol. The summed E-state index contributed by atoms with van der Waals surface area (Å²) in [6, 6.07) is 21.8. The van der Waals surface area contributed by atoms with E-state index in [-0.39, 0.29) is 18.3 Å². The standard InChI is InChI=1S/C25H21FN4O2/c1-30-21-10-6-5-9-18(21)25(31)28-24(30)19-14-27-29-23(19)17-11-12-22(20(26)13-17)32-15-16-7-3-2-4-8-16/h2-14,24H,15H2,1H3,(H,27,29)(H,28,31). The normalized spacial score (nSPS) is 15.2. The number of nitrogens with one attached hydrogen (secondary N) is 2. The van der Waals surface area contributed by atoms with Crippen LogP contribution in [0.3, 0.4) is 0 Å². The minimum Gasteiger partial charge on any atom is -0.486 e. The van der Waals surface area contributed by atoms with Gasteiger partial charge >= 0.3 is 0 Å². The van der Waals surface area contributed by atoms with E-state index in [4.69, 9.17) is 4.74 Å². The molecule has 0 saturated heterocycles. The number of halogens is 1. The van der Waals surface area contributed by atoms with Crippen LogP contribution < -0.4 is 15.0 Å². The van der Waals surface area contributed by atoms with Crippen LogP contribution in [0.5, 0.6) is 5.75 Å². The maximum atomic E-state index is 14.8. The Labute approximate surface area is 184 Å². The quantitative estimate of drug-likeness (QED) is 0.485. The van der Waals surface area contributed by atoms with Gasteiger partial charge in [0.05, 0.1) is 23.1 Å². The van der Waals surface area contributed by atoms with Gasteiger partial charge in [-0.1, -0.05) is 42.5 Å². The summed E-state index contributed by atoms with van der Waals surface area (Å²) in [6.45, 7) is 0.282. The molecule has 7 heteroatoms. The maximum Gasteiger partial charge on any atom is 0.255 e. The monoisotopic (exact) mass is 428 g/mol. The Bertz CT molecular complexity index is 1270. The first kappa shape index (κ1) is 19.8. The van der Waals surface area contributed by atoms with Crippen LogP contribution in [0, 0.1) is 5.82 Å². The van der Waals surface area contributed by atoms with Gasteiger partial charge in [-0.25, -0.2) is 4.39 Å². The number of H-pyrrole nitrogens is 1. The summed E-state index contributed by atoms with van der Waals surface area (Å²) in [7, 11) is 1.90. The number of benzene rings is 3. The van der Waals surface area contributed by atoms with Crippen molar-refractivity contribution in [3.8, 4) is 17.0 Å². The molecule has 2 N–H and O–H groups in total. The summed E-state index contributed by atoms with van der Waals surface area (Å²) in [5.74, 6) is -0.451. The number of anilines is 1. The Morgan fingerprint density at radius 3 is 2.66 bits per heavy atom. The summed E-state index contributed by atoms with van der Waals surface area (Å²) in [6.07, 6.45) is 1.21. The van der Waals surface area contributed by atoms with Gasteiger partial charge < -0.3 is 15.0 Å². The lowest BCUT2D eigenvalue weighted by Crippen LogP contribution is -2.44. The van der Waals surface area contributed by atoms with Crippen LogP contribution in [0.4, 0.5) is 10.1 Å². The highest BCUT2D eigenvalue weighted by Gasteiger charge is 2.31.